The molecule has 2 amide bonds. The lowest BCUT2D eigenvalue weighted by molar-refractivity contribution is -0.146. The van der Waals surface area contributed by atoms with Gasteiger partial charge in [-0.25, -0.2) is 0 Å². The second-order valence-electron chi connectivity index (χ2n) is 5.26. The summed E-state index contributed by atoms with van der Waals surface area (Å²) in [6.07, 6.45) is 1.90. The molecule has 6 nitrogen and oxygen atoms in total. The number of carbonyl (C=O) groups excluding carboxylic acids is 2. The second-order valence-corrected chi connectivity index (χ2v) is 5.26. The Morgan fingerprint density at radius 3 is 2.62 bits per heavy atom. The van der Waals surface area contributed by atoms with Crippen molar-refractivity contribution in [2.45, 2.75) is 25.8 Å². The first kappa shape index (κ1) is 15.0. The Labute approximate surface area is 122 Å². The van der Waals surface area contributed by atoms with E-state index < -0.39 is 23.7 Å². The van der Waals surface area contributed by atoms with Crippen molar-refractivity contribution < 1.29 is 19.5 Å². The summed E-state index contributed by atoms with van der Waals surface area (Å²) in [6.45, 7) is 0.253. The van der Waals surface area contributed by atoms with E-state index in [0.29, 0.717) is 18.4 Å². The van der Waals surface area contributed by atoms with E-state index in [1.165, 1.54) is 0 Å². The van der Waals surface area contributed by atoms with Gasteiger partial charge in [-0.05, 0) is 30.5 Å². The molecule has 0 spiro atoms. The van der Waals surface area contributed by atoms with Crippen molar-refractivity contribution in [3.8, 4) is 0 Å². The Bertz CT molecular complexity index is 571. The quantitative estimate of drug-likeness (QED) is 0.748. The highest BCUT2D eigenvalue weighted by molar-refractivity contribution is 5.93. The van der Waals surface area contributed by atoms with Gasteiger partial charge in [-0.15, -0.1) is 0 Å². The molecule has 0 aromatic heterocycles. The molecule has 1 aliphatic carbocycles. The zero-order valence-electron chi connectivity index (χ0n) is 11.5. The summed E-state index contributed by atoms with van der Waals surface area (Å²) < 4.78 is 0. The molecular formula is C15H18N2O4. The van der Waals surface area contributed by atoms with Crippen molar-refractivity contribution in [2.75, 3.05) is 0 Å². The van der Waals surface area contributed by atoms with Crippen LogP contribution in [0.1, 0.15) is 35.2 Å². The minimum Gasteiger partial charge on any atom is -0.481 e. The molecule has 2 rings (SSSR count). The first-order valence-electron chi connectivity index (χ1n) is 6.88. The van der Waals surface area contributed by atoms with Gasteiger partial charge >= 0.3 is 5.97 Å². The first-order valence-corrected chi connectivity index (χ1v) is 6.88. The molecule has 0 bridgehead atoms. The third-order valence-corrected chi connectivity index (χ3v) is 3.85. The lowest BCUT2D eigenvalue weighted by Gasteiger charge is -2.15. The summed E-state index contributed by atoms with van der Waals surface area (Å²) >= 11 is 0. The summed E-state index contributed by atoms with van der Waals surface area (Å²) in [5.41, 5.74) is 6.33. The van der Waals surface area contributed by atoms with Gasteiger partial charge < -0.3 is 16.2 Å². The second kappa shape index (κ2) is 6.39. The number of hydrogen-bond acceptors (Lipinski definition) is 3. The molecule has 1 aromatic carbocycles. The van der Waals surface area contributed by atoms with Gasteiger partial charge in [-0.3, -0.25) is 14.4 Å². The van der Waals surface area contributed by atoms with Crippen LogP contribution in [0.25, 0.3) is 0 Å². The van der Waals surface area contributed by atoms with Gasteiger partial charge in [-0.1, -0.05) is 18.6 Å². The average Bonchev–Trinajstić information content (AvgIpc) is 2.94. The topological polar surface area (TPSA) is 109 Å². The minimum atomic E-state index is -0.914. The van der Waals surface area contributed by atoms with Gasteiger partial charge in [0.25, 0.3) is 0 Å². The largest absolute Gasteiger partial charge is 0.481 e. The van der Waals surface area contributed by atoms with Gasteiger partial charge in [-0.2, -0.15) is 0 Å². The molecule has 2 atom stereocenters. The highest BCUT2D eigenvalue weighted by Gasteiger charge is 2.37. The number of aliphatic carboxylic acids is 1. The smallest absolute Gasteiger partial charge is 0.307 e. The molecule has 112 valence electrons. The number of benzene rings is 1. The van der Waals surface area contributed by atoms with Gasteiger partial charge in [0.1, 0.15) is 0 Å². The molecule has 0 saturated heterocycles. The summed E-state index contributed by atoms with van der Waals surface area (Å²) in [5, 5.41) is 11.8. The maximum absolute atomic E-state index is 12.1. The Morgan fingerprint density at radius 2 is 1.95 bits per heavy atom. The number of nitrogens with two attached hydrogens (primary N) is 1. The zero-order chi connectivity index (χ0) is 15.4. The molecule has 0 heterocycles. The molecule has 1 fully saturated rings. The molecule has 0 radical (unpaired) electrons. The van der Waals surface area contributed by atoms with Crippen LogP contribution in [-0.2, 0) is 16.1 Å². The molecule has 6 heteroatoms. The van der Waals surface area contributed by atoms with Crippen LogP contribution in [0.15, 0.2) is 24.3 Å². The fourth-order valence-corrected chi connectivity index (χ4v) is 2.72. The maximum atomic E-state index is 12.1. The standard InChI is InChI=1S/C15H18N2O4/c16-13(18)10-4-1-3-9(7-10)8-17-14(19)11-5-2-6-12(11)15(20)21/h1,3-4,7,11-12H,2,5-6,8H2,(H2,16,18)(H,17,19)(H,20,21). The van der Waals surface area contributed by atoms with Crippen LogP contribution in [-0.4, -0.2) is 22.9 Å². The van der Waals surface area contributed by atoms with Crippen molar-refractivity contribution in [3.63, 3.8) is 0 Å². The third kappa shape index (κ3) is 3.59. The number of carbonyl (C=O) groups is 3. The first-order chi connectivity index (χ1) is 9.99. The third-order valence-electron chi connectivity index (χ3n) is 3.85. The van der Waals surface area contributed by atoms with Crippen LogP contribution in [0.3, 0.4) is 0 Å². The van der Waals surface area contributed by atoms with E-state index in [9.17, 15) is 14.4 Å². The fraction of sp³-hybridized carbons (Fsp3) is 0.400. The molecule has 1 aromatic rings. The highest BCUT2D eigenvalue weighted by atomic mass is 16.4. The molecule has 1 saturated carbocycles. The van der Waals surface area contributed by atoms with Crippen molar-refractivity contribution in [2.24, 2.45) is 17.6 Å². The number of amides is 2. The molecule has 2 unspecified atom stereocenters. The van der Waals surface area contributed by atoms with E-state index in [4.69, 9.17) is 10.8 Å². The lowest BCUT2D eigenvalue weighted by atomic mass is 9.95. The highest BCUT2D eigenvalue weighted by Crippen LogP contribution is 2.32. The fourth-order valence-electron chi connectivity index (χ4n) is 2.72. The zero-order valence-corrected chi connectivity index (χ0v) is 11.5. The molecule has 4 N–H and O–H groups in total. The van der Waals surface area contributed by atoms with E-state index in [-0.39, 0.29) is 12.5 Å². The van der Waals surface area contributed by atoms with Gasteiger partial charge in [0.05, 0.1) is 11.8 Å². The number of rotatable bonds is 5. The van der Waals surface area contributed by atoms with Crippen LogP contribution in [0.5, 0.6) is 0 Å². The molecule has 21 heavy (non-hydrogen) atoms. The van der Waals surface area contributed by atoms with Crippen molar-refractivity contribution in [3.05, 3.63) is 35.4 Å². The maximum Gasteiger partial charge on any atom is 0.307 e. The number of nitrogens with one attached hydrogen (secondary N) is 1. The Morgan fingerprint density at radius 1 is 1.24 bits per heavy atom. The number of carboxylic acids is 1. The van der Waals surface area contributed by atoms with Crippen molar-refractivity contribution >= 4 is 17.8 Å². The van der Waals surface area contributed by atoms with E-state index in [2.05, 4.69) is 5.32 Å². The molecular weight excluding hydrogens is 272 g/mol. The van der Waals surface area contributed by atoms with Gasteiger partial charge in [0, 0.05) is 12.1 Å². The summed E-state index contributed by atoms with van der Waals surface area (Å²) in [4.78, 5) is 34.3. The summed E-state index contributed by atoms with van der Waals surface area (Å²) in [7, 11) is 0. The van der Waals surface area contributed by atoms with Crippen LogP contribution < -0.4 is 11.1 Å². The van der Waals surface area contributed by atoms with E-state index >= 15 is 0 Å². The molecule has 1 aliphatic rings. The van der Waals surface area contributed by atoms with Crippen LogP contribution >= 0.6 is 0 Å². The predicted octanol–water partition coefficient (Wildman–Crippen LogP) is 0.903. The summed E-state index contributed by atoms with van der Waals surface area (Å²) in [6, 6.07) is 6.68. The Balaban J connectivity index is 1.96. The lowest BCUT2D eigenvalue weighted by Crippen LogP contribution is -2.34. The van der Waals surface area contributed by atoms with Crippen molar-refractivity contribution in [1.29, 1.82) is 0 Å². The van der Waals surface area contributed by atoms with Gasteiger partial charge in [0.15, 0.2) is 0 Å². The van der Waals surface area contributed by atoms with E-state index in [1.54, 1.807) is 24.3 Å². The number of hydrogen-bond donors (Lipinski definition) is 3. The van der Waals surface area contributed by atoms with E-state index in [1.807, 2.05) is 0 Å². The van der Waals surface area contributed by atoms with Crippen LogP contribution in [0.2, 0.25) is 0 Å². The predicted molar refractivity (Wildman–Crippen MR) is 75.3 cm³/mol. The van der Waals surface area contributed by atoms with Crippen LogP contribution in [0.4, 0.5) is 0 Å². The summed E-state index contributed by atoms with van der Waals surface area (Å²) in [5.74, 6) is -2.75. The normalized spacial score (nSPS) is 21.0. The monoisotopic (exact) mass is 290 g/mol. The van der Waals surface area contributed by atoms with E-state index in [0.717, 1.165) is 12.0 Å². The Hall–Kier alpha value is -2.37. The van der Waals surface area contributed by atoms with Crippen molar-refractivity contribution in [1.82, 2.24) is 5.32 Å². The number of carboxylic acid groups (broad SMARTS) is 1. The SMILES string of the molecule is NC(=O)c1cccc(CNC(=O)C2CCCC2C(=O)O)c1. The average molecular weight is 290 g/mol. The van der Waals surface area contributed by atoms with Crippen LogP contribution in [0, 0.1) is 11.8 Å². The molecule has 0 aliphatic heterocycles. The minimum absolute atomic E-state index is 0.246. The Kier molecular flexibility index (Phi) is 4.57. The van der Waals surface area contributed by atoms with Gasteiger partial charge in [0.2, 0.25) is 11.8 Å². The number of primary amides is 1.